The maximum Gasteiger partial charge on any atom is 0.319 e. The Balaban J connectivity index is 1.59. The lowest BCUT2D eigenvalue weighted by Crippen LogP contribution is -2.34. The second-order valence-electron chi connectivity index (χ2n) is 5.31. The molecule has 0 bridgehead atoms. The zero-order valence-electron chi connectivity index (χ0n) is 13.0. The number of aromatic nitrogens is 2. The number of nitrogens with zero attached hydrogens (tertiary/aromatic N) is 2. The van der Waals surface area contributed by atoms with Crippen molar-refractivity contribution >= 4 is 23.5 Å². The van der Waals surface area contributed by atoms with Gasteiger partial charge in [-0.3, -0.25) is 4.68 Å². The maximum absolute atomic E-state index is 12.2. The maximum atomic E-state index is 12.2. The molecule has 0 unspecified atom stereocenters. The van der Waals surface area contributed by atoms with Crippen LogP contribution in [0.3, 0.4) is 0 Å². The van der Waals surface area contributed by atoms with Gasteiger partial charge in [-0.15, -0.1) is 11.8 Å². The summed E-state index contributed by atoms with van der Waals surface area (Å²) in [4.78, 5) is 13.5. The fourth-order valence-corrected chi connectivity index (χ4v) is 3.68. The lowest BCUT2D eigenvalue weighted by molar-refractivity contribution is 0.183. The summed E-state index contributed by atoms with van der Waals surface area (Å²) in [7, 11) is 1.65. The molecule has 122 valence electrons. The Labute approximate surface area is 139 Å². The molecule has 2 N–H and O–H groups in total. The van der Waals surface area contributed by atoms with E-state index in [4.69, 9.17) is 4.74 Å². The Hall–Kier alpha value is -1.99. The van der Waals surface area contributed by atoms with Crippen LogP contribution in [0.4, 0.5) is 10.5 Å². The van der Waals surface area contributed by atoms with Gasteiger partial charge in [0.1, 0.15) is 0 Å². The summed E-state index contributed by atoms with van der Waals surface area (Å²) in [5.41, 5.74) is 1.87. The summed E-state index contributed by atoms with van der Waals surface area (Å²) in [5.74, 6) is 1.01. The van der Waals surface area contributed by atoms with E-state index >= 15 is 0 Å². The number of methoxy groups -OCH3 is 1. The molecule has 0 spiro atoms. The molecular formula is C16H20N4O2S. The van der Waals surface area contributed by atoms with Crippen molar-refractivity contribution in [2.75, 3.05) is 24.8 Å². The average molecular weight is 332 g/mol. The highest BCUT2D eigenvalue weighted by atomic mass is 32.2. The highest BCUT2D eigenvalue weighted by Crippen LogP contribution is 2.35. The van der Waals surface area contributed by atoms with Crippen LogP contribution in [0.1, 0.15) is 18.0 Å². The van der Waals surface area contributed by atoms with Crippen molar-refractivity contribution in [1.29, 1.82) is 0 Å². The standard InChI is InChI=1S/C16H20N4O2S/c1-22-8-7-20-11-12(10-17-20)18-16(21)19-14-6-9-23-15-5-3-2-4-13(14)15/h2-5,10-11,14H,6-9H2,1H3,(H2,18,19,21)/t14-/m1/s1. The zero-order chi connectivity index (χ0) is 16.1. The molecule has 1 aromatic carbocycles. The summed E-state index contributed by atoms with van der Waals surface area (Å²) >= 11 is 1.84. The van der Waals surface area contributed by atoms with Crippen molar-refractivity contribution in [3.8, 4) is 0 Å². The summed E-state index contributed by atoms with van der Waals surface area (Å²) < 4.78 is 6.75. The minimum atomic E-state index is -0.206. The Bertz CT molecular complexity index is 674. The SMILES string of the molecule is COCCn1cc(NC(=O)N[C@@H]2CCSc3ccccc32)cn1. The van der Waals surface area contributed by atoms with Gasteiger partial charge in [-0.25, -0.2) is 4.79 Å². The van der Waals surface area contributed by atoms with E-state index in [-0.39, 0.29) is 12.1 Å². The van der Waals surface area contributed by atoms with Crippen LogP contribution in [0.5, 0.6) is 0 Å². The Morgan fingerprint density at radius 1 is 1.48 bits per heavy atom. The van der Waals surface area contributed by atoms with Crippen molar-refractivity contribution in [1.82, 2.24) is 15.1 Å². The summed E-state index contributed by atoms with van der Waals surface area (Å²) in [5, 5.41) is 10.1. The Morgan fingerprint density at radius 3 is 3.22 bits per heavy atom. The van der Waals surface area contributed by atoms with Crippen molar-refractivity contribution in [3.05, 3.63) is 42.2 Å². The molecule has 0 aliphatic carbocycles. The number of nitrogens with one attached hydrogen (secondary N) is 2. The average Bonchev–Trinajstić information content (AvgIpc) is 3.00. The highest BCUT2D eigenvalue weighted by Gasteiger charge is 2.21. The molecule has 6 nitrogen and oxygen atoms in total. The number of thioether (sulfide) groups is 1. The molecule has 0 saturated heterocycles. The highest BCUT2D eigenvalue weighted by molar-refractivity contribution is 7.99. The first-order valence-electron chi connectivity index (χ1n) is 7.57. The zero-order valence-corrected chi connectivity index (χ0v) is 13.8. The number of amides is 2. The van der Waals surface area contributed by atoms with Crippen molar-refractivity contribution in [2.45, 2.75) is 23.9 Å². The summed E-state index contributed by atoms with van der Waals surface area (Å²) in [6.07, 6.45) is 4.37. The number of carbonyl (C=O) groups is 1. The molecule has 1 aliphatic rings. The van der Waals surface area contributed by atoms with E-state index < -0.39 is 0 Å². The van der Waals surface area contributed by atoms with E-state index in [9.17, 15) is 4.79 Å². The van der Waals surface area contributed by atoms with Gasteiger partial charge in [0.25, 0.3) is 0 Å². The van der Waals surface area contributed by atoms with Crippen LogP contribution < -0.4 is 10.6 Å². The second kappa shape index (κ2) is 7.52. The molecule has 0 fully saturated rings. The lowest BCUT2D eigenvalue weighted by Gasteiger charge is -2.25. The predicted molar refractivity (Wildman–Crippen MR) is 90.8 cm³/mol. The number of urea groups is 1. The fourth-order valence-electron chi connectivity index (χ4n) is 2.55. The van der Waals surface area contributed by atoms with E-state index in [2.05, 4.69) is 27.9 Å². The largest absolute Gasteiger partial charge is 0.383 e. The number of rotatable bonds is 5. The first-order valence-corrected chi connectivity index (χ1v) is 8.55. The third-order valence-corrected chi connectivity index (χ3v) is 4.80. The monoisotopic (exact) mass is 332 g/mol. The summed E-state index contributed by atoms with van der Waals surface area (Å²) in [6, 6.07) is 8.07. The van der Waals surface area contributed by atoms with Crippen LogP contribution in [-0.4, -0.2) is 35.3 Å². The van der Waals surface area contributed by atoms with Crippen LogP contribution >= 0.6 is 11.8 Å². The number of carbonyl (C=O) groups excluding carboxylic acids is 1. The van der Waals surface area contributed by atoms with Crippen molar-refractivity contribution in [3.63, 3.8) is 0 Å². The molecule has 23 heavy (non-hydrogen) atoms. The molecule has 0 radical (unpaired) electrons. The van der Waals surface area contributed by atoms with Gasteiger partial charge in [-0.2, -0.15) is 5.10 Å². The van der Waals surface area contributed by atoms with Gasteiger partial charge < -0.3 is 15.4 Å². The van der Waals surface area contributed by atoms with Crippen LogP contribution in [0.15, 0.2) is 41.6 Å². The van der Waals surface area contributed by atoms with Gasteiger partial charge in [0, 0.05) is 24.0 Å². The molecule has 1 aliphatic heterocycles. The molecule has 1 aromatic heterocycles. The van der Waals surface area contributed by atoms with E-state index in [0.717, 1.165) is 12.2 Å². The number of benzene rings is 1. The third-order valence-electron chi connectivity index (χ3n) is 3.68. The second-order valence-corrected chi connectivity index (χ2v) is 6.45. The third kappa shape index (κ3) is 4.05. The predicted octanol–water partition coefficient (Wildman–Crippen LogP) is 2.89. The normalized spacial score (nSPS) is 16.7. The summed E-state index contributed by atoms with van der Waals surface area (Å²) in [6.45, 7) is 1.25. The van der Waals surface area contributed by atoms with Crippen LogP contribution in [-0.2, 0) is 11.3 Å². The van der Waals surface area contributed by atoms with Gasteiger partial charge in [0.2, 0.25) is 0 Å². The quantitative estimate of drug-likeness (QED) is 0.883. The molecular weight excluding hydrogens is 312 g/mol. The van der Waals surface area contributed by atoms with Crippen LogP contribution in [0.25, 0.3) is 0 Å². The number of hydrogen-bond donors (Lipinski definition) is 2. The van der Waals surface area contributed by atoms with Gasteiger partial charge in [0.05, 0.1) is 31.1 Å². The molecule has 2 amide bonds. The molecule has 2 aromatic rings. The minimum absolute atomic E-state index is 0.0518. The van der Waals surface area contributed by atoms with E-state index in [1.807, 2.05) is 23.9 Å². The Morgan fingerprint density at radius 2 is 2.35 bits per heavy atom. The van der Waals surface area contributed by atoms with E-state index in [1.165, 1.54) is 10.5 Å². The van der Waals surface area contributed by atoms with Gasteiger partial charge >= 0.3 is 6.03 Å². The number of fused-ring (bicyclic) bond motifs is 1. The van der Waals surface area contributed by atoms with E-state index in [1.54, 1.807) is 24.2 Å². The molecule has 0 saturated carbocycles. The molecule has 3 rings (SSSR count). The topological polar surface area (TPSA) is 68.2 Å². The first kappa shape index (κ1) is 15.9. The lowest BCUT2D eigenvalue weighted by atomic mass is 10.0. The van der Waals surface area contributed by atoms with Crippen molar-refractivity contribution < 1.29 is 9.53 Å². The first-order chi connectivity index (χ1) is 11.3. The minimum Gasteiger partial charge on any atom is -0.383 e. The number of ether oxygens (including phenoxy) is 1. The molecule has 2 heterocycles. The molecule has 7 heteroatoms. The van der Waals surface area contributed by atoms with Crippen LogP contribution in [0, 0.1) is 0 Å². The van der Waals surface area contributed by atoms with E-state index in [0.29, 0.717) is 18.8 Å². The van der Waals surface area contributed by atoms with Gasteiger partial charge in [0.15, 0.2) is 0 Å². The number of anilines is 1. The fraction of sp³-hybridized carbons (Fsp3) is 0.375. The van der Waals surface area contributed by atoms with Crippen molar-refractivity contribution in [2.24, 2.45) is 0 Å². The van der Waals surface area contributed by atoms with Crippen LogP contribution in [0.2, 0.25) is 0 Å². The number of hydrogen-bond acceptors (Lipinski definition) is 4. The Kier molecular flexibility index (Phi) is 5.19. The smallest absolute Gasteiger partial charge is 0.319 e. The van der Waals surface area contributed by atoms with Gasteiger partial charge in [-0.05, 0) is 18.1 Å². The van der Waals surface area contributed by atoms with Gasteiger partial charge in [-0.1, -0.05) is 18.2 Å². The molecule has 1 atom stereocenters.